The maximum absolute atomic E-state index is 13.7. The molecule has 3 nitrogen and oxygen atoms in total. The lowest BCUT2D eigenvalue weighted by Crippen LogP contribution is -2.54. The van der Waals surface area contributed by atoms with Gasteiger partial charge in [0.05, 0.1) is 10.9 Å². The first-order chi connectivity index (χ1) is 14.0. The Labute approximate surface area is 183 Å². The van der Waals surface area contributed by atoms with E-state index >= 15 is 0 Å². The average Bonchev–Trinajstić information content (AvgIpc) is 2.69. The summed E-state index contributed by atoms with van der Waals surface area (Å²) in [6, 6.07) is 2.78. The number of nitrogens with zero attached hydrogens (tertiary/aromatic N) is 2. The first-order valence-electron chi connectivity index (χ1n) is 10.5. The van der Waals surface area contributed by atoms with Gasteiger partial charge in [-0.05, 0) is 31.5 Å². The molecule has 0 aromatic heterocycles. The number of benzene rings is 1. The molecule has 1 aromatic rings. The fourth-order valence-corrected chi connectivity index (χ4v) is 3.11. The maximum Gasteiger partial charge on any atom is 0.403 e. The number of ketones is 1. The van der Waals surface area contributed by atoms with Crippen LogP contribution in [0.15, 0.2) is 18.2 Å². The van der Waals surface area contributed by atoms with Crippen LogP contribution in [-0.2, 0) is 4.79 Å². The molecule has 1 saturated heterocycles. The van der Waals surface area contributed by atoms with Crippen LogP contribution in [0, 0.1) is 5.82 Å². The van der Waals surface area contributed by atoms with Gasteiger partial charge in [0.2, 0.25) is 0 Å². The lowest BCUT2D eigenvalue weighted by atomic mass is 9.94. The van der Waals surface area contributed by atoms with E-state index in [9.17, 15) is 22.4 Å². The van der Waals surface area contributed by atoms with Crippen LogP contribution in [0.4, 0.5) is 17.6 Å². The van der Waals surface area contributed by atoms with Crippen molar-refractivity contribution in [2.24, 2.45) is 0 Å². The largest absolute Gasteiger partial charge is 0.403 e. The molecule has 0 amide bonds. The van der Waals surface area contributed by atoms with Crippen molar-refractivity contribution in [1.29, 1.82) is 0 Å². The predicted octanol–water partition coefficient (Wildman–Crippen LogP) is 6.16. The van der Waals surface area contributed by atoms with Crippen LogP contribution < -0.4 is 0 Å². The van der Waals surface area contributed by atoms with Gasteiger partial charge in [-0.1, -0.05) is 51.8 Å². The minimum atomic E-state index is -4.25. The van der Waals surface area contributed by atoms with Gasteiger partial charge in [0.25, 0.3) is 0 Å². The number of hydrogen-bond acceptors (Lipinski definition) is 3. The van der Waals surface area contributed by atoms with E-state index in [1.165, 1.54) is 30.4 Å². The molecule has 0 spiro atoms. The average molecular weight is 455 g/mol. The van der Waals surface area contributed by atoms with Crippen LogP contribution in [0.5, 0.6) is 0 Å². The molecular weight excluding hydrogens is 420 g/mol. The Hall–Kier alpha value is -1.18. The molecule has 1 aliphatic heterocycles. The number of carbonyl (C=O) groups excluding carboxylic acids is 1. The number of alkyl halides is 3. The van der Waals surface area contributed by atoms with Gasteiger partial charge in [-0.25, -0.2) is 4.39 Å². The molecular formula is C22H35ClF4N2O. The predicted molar refractivity (Wildman–Crippen MR) is 116 cm³/mol. The zero-order valence-corrected chi connectivity index (χ0v) is 19.6. The second kappa shape index (κ2) is 14.0. The highest BCUT2D eigenvalue weighted by molar-refractivity contribution is 6.30. The standard InChI is InChI=1S/C17H21ClF4N2O.C3H8.C2H6/c1-11(25)14(13-3-4-15(18)16(19)9-13)10-23-5-7-24(8-6-23)12(2)17(20,21)22;1-3-2;1-2/h3-4,9,12,14H,5-8,10H2,1-2H3;3H2,1-2H3;1-2H3. The summed E-state index contributed by atoms with van der Waals surface area (Å²) in [5.74, 6) is -1.24. The third kappa shape index (κ3) is 9.31. The van der Waals surface area contributed by atoms with Crippen molar-refractivity contribution in [3.8, 4) is 0 Å². The van der Waals surface area contributed by atoms with Gasteiger partial charge in [0.15, 0.2) is 0 Å². The van der Waals surface area contributed by atoms with E-state index in [2.05, 4.69) is 13.8 Å². The van der Waals surface area contributed by atoms with Crippen molar-refractivity contribution in [3.05, 3.63) is 34.6 Å². The van der Waals surface area contributed by atoms with Crippen LogP contribution >= 0.6 is 11.6 Å². The van der Waals surface area contributed by atoms with Crippen molar-refractivity contribution in [3.63, 3.8) is 0 Å². The molecule has 0 N–H and O–H groups in total. The summed E-state index contributed by atoms with van der Waals surface area (Å²) in [6.45, 7) is 12.6. The summed E-state index contributed by atoms with van der Waals surface area (Å²) in [6.07, 6.45) is -3.00. The molecule has 2 rings (SSSR count). The molecule has 30 heavy (non-hydrogen) atoms. The Bertz CT molecular complexity index is 632. The van der Waals surface area contributed by atoms with Gasteiger partial charge in [-0.3, -0.25) is 14.6 Å². The Balaban J connectivity index is 0.00000154. The second-order valence-electron chi connectivity index (χ2n) is 7.10. The summed E-state index contributed by atoms with van der Waals surface area (Å²) in [7, 11) is 0. The monoisotopic (exact) mass is 454 g/mol. The van der Waals surface area contributed by atoms with E-state index in [0.29, 0.717) is 25.2 Å². The minimum Gasteiger partial charge on any atom is -0.300 e. The van der Waals surface area contributed by atoms with Crippen molar-refractivity contribution in [1.82, 2.24) is 9.80 Å². The van der Waals surface area contributed by atoms with Crippen molar-refractivity contribution in [2.75, 3.05) is 32.7 Å². The molecule has 1 aliphatic rings. The van der Waals surface area contributed by atoms with E-state index < -0.39 is 24.0 Å². The summed E-state index contributed by atoms with van der Waals surface area (Å²) in [4.78, 5) is 15.3. The summed E-state index contributed by atoms with van der Waals surface area (Å²) in [5, 5.41) is -0.0131. The topological polar surface area (TPSA) is 23.6 Å². The second-order valence-corrected chi connectivity index (χ2v) is 7.51. The zero-order chi connectivity index (χ0) is 23.5. The summed E-state index contributed by atoms with van der Waals surface area (Å²) < 4.78 is 52.0. The molecule has 1 heterocycles. The lowest BCUT2D eigenvalue weighted by Gasteiger charge is -2.39. The van der Waals surface area contributed by atoms with Crippen LogP contribution in [0.3, 0.4) is 0 Å². The fraction of sp³-hybridized carbons (Fsp3) is 0.682. The smallest absolute Gasteiger partial charge is 0.300 e. The first kappa shape index (κ1) is 28.8. The Kier molecular flexibility index (Phi) is 13.4. The summed E-state index contributed by atoms with van der Waals surface area (Å²) >= 11 is 5.67. The maximum atomic E-state index is 13.7. The van der Waals surface area contributed by atoms with E-state index in [-0.39, 0.29) is 23.9 Å². The van der Waals surface area contributed by atoms with Crippen LogP contribution in [-0.4, -0.2) is 60.5 Å². The van der Waals surface area contributed by atoms with E-state index in [4.69, 9.17) is 11.6 Å². The number of piperazine rings is 1. The number of hydrogen-bond donors (Lipinski definition) is 0. The first-order valence-corrected chi connectivity index (χ1v) is 10.9. The highest BCUT2D eigenvalue weighted by Gasteiger charge is 2.41. The lowest BCUT2D eigenvalue weighted by molar-refractivity contribution is -0.182. The van der Waals surface area contributed by atoms with Crippen LogP contribution in [0.25, 0.3) is 0 Å². The minimum absolute atomic E-state index is 0.0131. The fourth-order valence-electron chi connectivity index (χ4n) is 3.00. The van der Waals surface area contributed by atoms with Crippen LogP contribution in [0.2, 0.25) is 5.02 Å². The SMILES string of the molecule is CC.CC(=O)C(CN1CCN(C(C)C(F)(F)F)CC1)c1ccc(Cl)c(F)c1.CCC. The van der Waals surface area contributed by atoms with Gasteiger partial charge < -0.3 is 0 Å². The number of Topliss-reactive ketones (excluding diaryl/α,β-unsaturated/α-hetero) is 1. The van der Waals surface area contributed by atoms with Gasteiger partial charge in [0, 0.05) is 32.7 Å². The number of halogens is 5. The normalized spacial score (nSPS) is 17.2. The third-order valence-electron chi connectivity index (χ3n) is 4.71. The van der Waals surface area contributed by atoms with Crippen molar-refractivity contribution < 1.29 is 22.4 Å². The number of rotatable bonds is 5. The van der Waals surface area contributed by atoms with Crippen molar-refractivity contribution in [2.45, 2.75) is 66.1 Å². The van der Waals surface area contributed by atoms with E-state index in [0.717, 1.165) is 6.92 Å². The van der Waals surface area contributed by atoms with Crippen LogP contribution in [0.1, 0.15) is 59.4 Å². The van der Waals surface area contributed by atoms with Gasteiger partial charge in [-0.15, -0.1) is 0 Å². The van der Waals surface area contributed by atoms with Crippen molar-refractivity contribution >= 4 is 17.4 Å². The van der Waals surface area contributed by atoms with Gasteiger partial charge in [-0.2, -0.15) is 13.2 Å². The summed E-state index contributed by atoms with van der Waals surface area (Å²) in [5.41, 5.74) is 0.528. The molecule has 2 unspecified atom stereocenters. The Morgan fingerprint density at radius 1 is 1.13 bits per heavy atom. The molecule has 2 atom stereocenters. The zero-order valence-electron chi connectivity index (χ0n) is 18.8. The molecule has 1 fully saturated rings. The Morgan fingerprint density at radius 2 is 1.63 bits per heavy atom. The molecule has 8 heteroatoms. The molecule has 0 aliphatic carbocycles. The quantitative estimate of drug-likeness (QED) is 0.497. The molecule has 0 radical (unpaired) electrons. The van der Waals surface area contributed by atoms with E-state index in [1.807, 2.05) is 18.7 Å². The molecule has 174 valence electrons. The van der Waals surface area contributed by atoms with E-state index in [1.54, 1.807) is 6.07 Å². The molecule has 0 saturated carbocycles. The third-order valence-corrected chi connectivity index (χ3v) is 5.01. The highest BCUT2D eigenvalue weighted by Crippen LogP contribution is 2.27. The molecule has 0 bridgehead atoms. The number of carbonyl (C=O) groups is 1. The highest BCUT2D eigenvalue weighted by atomic mass is 35.5. The van der Waals surface area contributed by atoms with Gasteiger partial charge in [0.1, 0.15) is 17.6 Å². The Morgan fingerprint density at radius 3 is 2.03 bits per heavy atom. The molecule has 1 aromatic carbocycles. The van der Waals surface area contributed by atoms with Gasteiger partial charge >= 0.3 is 6.18 Å².